The average molecular weight is 254 g/mol. The first-order valence-corrected chi connectivity index (χ1v) is 6.60. The largest absolute Gasteiger partial charge is 0.475 e. The van der Waals surface area contributed by atoms with Crippen molar-refractivity contribution in [2.24, 2.45) is 0 Å². The van der Waals surface area contributed by atoms with Crippen LogP contribution < -0.4 is 0 Å². The Kier molecular flexibility index (Phi) is 2.74. The van der Waals surface area contributed by atoms with E-state index in [1.165, 1.54) is 24.3 Å². The SMILES string of the molecule is O=C(O)C(=O)c1ccccc1S(=O)(=O)C1CC1. The molecule has 90 valence electrons. The molecule has 1 N–H and O–H groups in total. The number of aliphatic carboxylic acids is 1. The maximum atomic E-state index is 12.0. The lowest BCUT2D eigenvalue weighted by Gasteiger charge is -2.06. The number of carbonyl (C=O) groups is 2. The third-order valence-corrected chi connectivity index (χ3v) is 4.91. The summed E-state index contributed by atoms with van der Waals surface area (Å²) in [7, 11) is -3.56. The minimum atomic E-state index is -3.56. The molecular weight excluding hydrogens is 244 g/mol. The molecule has 0 radical (unpaired) electrons. The summed E-state index contributed by atoms with van der Waals surface area (Å²) >= 11 is 0. The van der Waals surface area contributed by atoms with Gasteiger partial charge in [0.05, 0.1) is 10.1 Å². The summed E-state index contributed by atoms with van der Waals surface area (Å²) in [4.78, 5) is 21.8. The smallest absolute Gasteiger partial charge is 0.377 e. The third-order valence-electron chi connectivity index (χ3n) is 2.60. The number of sulfone groups is 1. The average Bonchev–Trinajstić information content (AvgIpc) is 3.12. The van der Waals surface area contributed by atoms with Crippen molar-refractivity contribution in [3.05, 3.63) is 29.8 Å². The second-order valence-corrected chi connectivity index (χ2v) is 6.07. The molecule has 1 aliphatic carbocycles. The van der Waals surface area contributed by atoms with E-state index in [4.69, 9.17) is 5.11 Å². The molecule has 0 bridgehead atoms. The molecule has 17 heavy (non-hydrogen) atoms. The van der Waals surface area contributed by atoms with E-state index < -0.39 is 26.8 Å². The van der Waals surface area contributed by atoms with Crippen LogP contribution in [0.1, 0.15) is 23.2 Å². The van der Waals surface area contributed by atoms with E-state index in [9.17, 15) is 18.0 Å². The quantitative estimate of drug-likeness (QED) is 0.636. The molecule has 0 amide bonds. The Morgan fingerprint density at radius 2 is 1.76 bits per heavy atom. The fourth-order valence-corrected chi connectivity index (χ4v) is 3.43. The highest BCUT2D eigenvalue weighted by Gasteiger charge is 2.39. The van der Waals surface area contributed by atoms with Crippen LogP contribution in [0.5, 0.6) is 0 Å². The number of hydrogen-bond donors (Lipinski definition) is 1. The first kappa shape index (κ1) is 11.8. The number of rotatable bonds is 4. The highest BCUT2D eigenvalue weighted by atomic mass is 32.2. The molecule has 1 saturated carbocycles. The molecule has 0 atom stereocenters. The number of carboxylic acids is 1. The summed E-state index contributed by atoms with van der Waals surface area (Å²) in [6, 6.07) is 5.44. The van der Waals surface area contributed by atoms with Crippen LogP contribution in [0.25, 0.3) is 0 Å². The van der Waals surface area contributed by atoms with Gasteiger partial charge in [0, 0.05) is 5.56 Å². The first-order chi connectivity index (χ1) is 7.94. The zero-order chi connectivity index (χ0) is 12.6. The minimum absolute atomic E-state index is 0.171. The van der Waals surface area contributed by atoms with Gasteiger partial charge in [-0.05, 0) is 25.0 Å². The van der Waals surface area contributed by atoms with Crippen LogP contribution in [0.3, 0.4) is 0 Å². The summed E-state index contributed by atoms with van der Waals surface area (Å²) in [6.07, 6.45) is 1.13. The molecule has 0 aliphatic heterocycles. The summed E-state index contributed by atoms with van der Waals surface area (Å²) in [5.74, 6) is -2.84. The van der Waals surface area contributed by atoms with E-state index in [-0.39, 0.29) is 10.5 Å². The summed E-state index contributed by atoms with van der Waals surface area (Å²) in [6.45, 7) is 0. The maximum absolute atomic E-state index is 12.0. The van der Waals surface area contributed by atoms with Crippen molar-refractivity contribution in [3.8, 4) is 0 Å². The summed E-state index contributed by atoms with van der Waals surface area (Å²) in [5.41, 5.74) is -0.257. The third kappa shape index (κ3) is 2.08. The van der Waals surface area contributed by atoms with Gasteiger partial charge in [-0.3, -0.25) is 4.79 Å². The lowest BCUT2D eigenvalue weighted by molar-refractivity contribution is -0.131. The van der Waals surface area contributed by atoms with E-state index >= 15 is 0 Å². The van der Waals surface area contributed by atoms with Crippen molar-refractivity contribution in [1.29, 1.82) is 0 Å². The maximum Gasteiger partial charge on any atom is 0.377 e. The van der Waals surface area contributed by atoms with Gasteiger partial charge in [-0.15, -0.1) is 0 Å². The lowest BCUT2D eigenvalue weighted by Crippen LogP contribution is -2.18. The van der Waals surface area contributed by atoms with Crippen molar-refractivity contribution < 1.29 is 23.1 Å². The molecule has 0 heterocycles. The fraction of sp³-hybridized carbons (Fsp3) is 0.273. The number of hydrogen-bond acceptors (Lipinski definition) is 4. The van der Waals surface area contributed by atoms with Crippen molar-refractivity contribution in [2.75, 3.05) is 0 Å². The van der Waals surface area contributed by atoms with Crippen LogP contribution in [-0.4, -0.2) is 30.5 Å². The zero-order valence-corrected chi connectivity index (χ0v) is 9.61. The Hall–Kier alpha value is -1.69. The van der Waals surface area contributed by atoms with E-state index in [1.54, 1.807) is 0 Å². The second kappa shape index (κ2) is 3.96. The molecule has 1 aromatic carbocycles. The summed E-state index contributed by atoms with van der Waals surface area (Å²) in [5, 5.41) is 8.17. The molecule has 6 heteroatoms. The number of benzene rings is 1. The number of carbonyl (C=O) groups excluding carboxylic acids is 1. The van der Waals surface area contributed by atoms with E-state index in [0.717, 1.165) is 0 Å². The van der Waals surface area contributed by atoms with Crippen molar-refractivity contribution in [2.45, 2.75) is 23.0 Å². The van der Waals surface area contributed by atoms with E-state index in [0.29, 0.717) is 12.8 Å². The molecular formula is C11H10O5S. The van der Waals surface area contributed by atoms with Gasteiger partial charge in [0.1, 0.15) is 0 Å². The Morgan fingerprint density at radius 3 is 2.29 bits per heavy atom. The van der Waals surface area contributed by atoms with Gasteiger partial charge in [0.25, 0.3) is 5.78 Å². The molecule has 1 fully saturated rings. The monoisotopic (exact) mass is 254 g/mol. The zero-order valence-electron chi connectivity index (χ0n) is 8.79. The van der Waals surface area contributed by atoms with Crippen molar-refractivity contribution in [3.63, 3.8) is 0 Å². The first-order valence-electron chi connectivity index (χ1n) is 5.05. The van der Waals surface area contributed by atoms with E-state index in [2.05, 4.69) is 0 Å². The molecule has 2 rings (SSSR count). The molecule has 5 nitrogen and oxygen atoms in total. The van der Waals surface area contributed by atoms with Gasteiger partial charge in [0.2, 0.25) is 0 Å². The number of Topliss-reactive ketones (excluding diaryl/α,β-unsaturated/α-hetero) is 1. The van der Waals surface area contributed by atoms with Gasteiger partial charge in [-0.25, -0.2) is 13.2 Å². The van der Waals surface area contributed by atoms with Gasteiger partial charge >= 0.3 is 5.97 Å². The predicted octanol–water partition coefficient (Wildman–Crippen LogP) is 0.890. The molecule has 1 aromatic rings. The van der Waals surface area contributed by atoms with Gasteiger partial charge in [-0.2, -0.15) is 0 Å². The van der Waals surface area contributed by atoms with Gasteiger partial charge in [-0.1, -0.05) is 12.1 Å². The number of carboxylic acid groups (broad SMARTS) is 1. The predicted molar refractivity (Wildman–Crippen MR) is 58.6 cm³/mol. The Bertz CT molecular complexity index is 584. The summed E-state index contributed by atoms with van der Waals surface area (Å²) < 4.78 is 24.0. The molecule has 0 unspecified atom stereocenters. The Balaban J connectivity index is 2.55. The lowest BCUT2D eigenvalue weighted by atomic mass is 10.1. The van der Waals surface area contributed by atoms with Crippen LogP contribution >= 0.6 is 0 Å². The van der Waals surface area contributed by atoms with E-state index in [1.807, 2.05) is 0 Å². The van der Waals surface area contributed by atoms with Crippen molar-refractivity contribution in [1.82, 2.24) is 0 Å². The Morgan fingerprint density at radius 1 is 1.18 bits per heavy atom. The van der Waals surface area contributed by atoms with Gasteiger partial charge in [0.15, 0.2) is 9.84 Å². The fourth-order valence-electron chi connectivity index (χ4n) is 1.58. The van der Waals surface area contributed by atoms with Crippen molar-refractivity contribution >= 4 is 21.6 Å². The highest BCUT2D eigenvalue weighted by Crippen LogP contribution is 2.34. The molecule has 0 spiro atoms. The minimum Gasteiger partial charge on any atom is -0.475 e. The molecule has 1 aliphatic rings. The van der Waals surface area contributed by atoms with Gasteiger partial charge < -0.3 is 5.11 Å². The standard InChI is InChI=1S/C11H10O5S/c12-10(11(13)14)8-3-1-2-4-9(8)17(15,16)7-5-6-7/h1-4,7H,5-6H2,(H,13,14). The Labute approximate surface area is 98.0 Å². The second-order valence-electron chi connectivity index (χ2n) is 3.87. The van der Waals surface area contributed by atoms with Crippen LogP contribution in [0.4, 0.5) is 0 Å². The van der Waals surface area contributed by atoms with Crippen LogP contribution in [0.2, 0.25) is 0 Å². The normalized spacial score (nSPS) is 15.5. The van der Waals surface area contributed by atoms with Crippen LogP contribution in [0, 0.1) is 0 Å². The topological polar surface area (TPSA) is 88.5 Å². The number of ketones is 1. The van der Waals surface area contributed by atoms with Crippen LogP contribution in [-0.2, 0) is 14.6 Å². The van der Waals surface area contributed by atoms with Crippen LogP contribution in [0.15, 0.2) is 29.2 Å². The molecule has 0 aromatic heterocycles. The highest BCUT2D eigenvalue weighted by molar-refractivity contribution is 7.92. The molecule has 0 saturated heterocycles.